The van der Waals surface area contributed by atoms with Crippen LogP contribution < -0.4 is 5.32 Å². The molecule has 0 aliphatic carbocycles. The number of rotatable bonds is 7. The molecule has 0 spiro atoms. The van der Waals surface area contributed by atoms with E-state index < -0.39 is 0 Å². The summed E-state index contributed by atoms with van der Waals surface area (Å²) in [6, 6.07) is 17.8. The minimum absolute atomic E-state index is 0.0739. The van der Waals surface area contributed by atoms with Crippen LogP contribution in [0.5, 0.6) is 0 Å². The molecule has 0 aliphatic rings. The van der Waals surface area contributed by atoms with Crippen LogP contribution in [0.4, 0.5) is 0 Å². The average molecular weight is 360 g/mol. The van der Waals surface area contributed by atoms with Crippen LogP contribution in [0.2, 0.25) is 0 Å². The highest BCUT2D eigenvalue weighted by molar-refractivity contribution is 5.86. The predicted molar refractivity (Wildman–Crippen MR) is 102 cm³/mol. The van der Waals surface area contributed by atoms with E-state index in [2.05, 4.69) is 32.2 Å². The van der Waals surface area contributed by atoms with Crippen molar-refractivity contribution in [1.29, 1.82) is 0 Å². The zero-order chi connectivity index (χ0) is 18.5. The maximum Gasteiger partial charge on any atom is 0.226 e. The van der Waals surface area contributed by atoms with Gasteiger partial charge in [0, 0.05) is 37.3 Å². The van der Waals surface area contributed by atoms with Crippen molar-refractivity contribution < 1.29 is 9.32 Å². The van der Waals surface area contributed by atoms with Gasteiger partial charge in [0.1, 0.15) is 11.5 Å². The maximum absolute atomic E-state index is 12.2. The molecule has 1 N–H and O–H groups in total. The molecule has 2 aromatic heterocycles. The second-order valence-corrected chi connectivity index (χ2v) is 6.36. The summed E-state index contributed by atoms with van der Waals surface area (Å²) in [6.07, 6.45) is 4.63. The molecule has 0 atom stereocenters. The maximum atomic E-state index is 12.2. The predicted octanol–water partition coefficient (Wildman–Crippen LogP) is 2.97. The van der Waals surface area contributed by atoms with Crippen LogP contribution >= 0.6 is 0 Å². The summed E-state index contributed by atoms with van der Waals surface area (Å²) in [6.45, 7) is 1.30. The molecule has 27 heavy (non-hydrogen) atoms. The zero-order valence-electron chi connectivity index (χ0n) is 14.8. The van der Waals surface area contributed by atoms with Crippen molar-refractivity contribution in [1.82, 2.24) is 20.0 Å². The van der Waals surface area contributed by atoms with E-state index in [9.17, 15) is 4.79 Å². The van der Waals surface area contributed by atoms with Gasteiger partial charge in [-0.2, -0.15) is 0 Å². The molecule has 0 radical (unpaired) electrons. The molecule has 0 aliphatic heterocycles. The van der Waals surface area contributed by atoms with Gasteiger partial charge in [0.15, 0.2) is 5.58 Å². The van der Waals surface area contributed by atoms with Gasteiger partial charge in [-0.25, -0.2) is 4.98 Å². The molecular weight excluding hydrogens is 340 g/mol. The van der Waals surface area contributed by atoms with Crippen LogP contribution in [0, 0.1) is 0 Å². The summed E-state index contributed by atoms with van der Waals surface area (Å²) < 4.78 is 7.35. The summed E-state index contributed by atoms with van der Waals surface area (Å²) >= 11 is 0. The third kappa shape index (κ3) is 4.06. The second kappa shape index (κ2) is 7.86. The van der Waals surface area contributed by atoms with Gasteiger partial charge < -0.3 is 14.4 Å². The average Bonchev–Trinajstić information content (AvgIpc) is 3.30. The lowest BCUT2D eigenvalue weighted by Gasteiger charge is -2.09. The van der Waals surface area contributed by atoms with Gasteiger partial charge in [-0.3, -0.25) is 4.79 Å². The second-order valence-electron chi connectivity index (χ2n) is 6.36. The Kier molecular flexibility index (Phi) is 4.96. The van der Waals surface area contributed by atoms with E-state index in [-0.39, 0.29) is 12.3 Å². The first kappa shape index (κ1) is 17.0. The van der Waals surface area contributed by atoms with Gasteiger partial charge >= 0.3 is 0 Å². The molecule has 0 bridgehead atoms. The van der Waals surface area contributed by atoms with Crippen molar-refractivity contribution in [2.24, 2.45) is 0 Å². The van der Waals surface area contributed by atoms with Crippen molar-refractivity contribution in [3.63, 3.8) is 0 Å². The third-order valence-electron chi connectivity index (χ3n) is 4.45. The van der Waals surface area contributed by atoms with Crippen LogP contribution in [0.3, 0.4) is 0 Å². The fourth-order valence-electron chi connectivity index (χ4n) is 3.09. The Morgan fingerprint density at radius 2 is 1.89 bits per heavy atom. The van der Waals surface area contributed by atoms with E-state index in [4.69, 9.17) is 4.52 Å². The topological polar surface area (TPSA) is 73.0 Å². The lowest BCUT2D eigenvalue weighted by atomic mass is 10.1. The van der Waals surface area contributed by atoms with Crippen LogP contribution in [0.1, 0.15) is 17.1 Å². The highest BCUT2D eigenvalue weighted by Gasteiger charge is 2.12. The number of carbonyl (C=O) groups excluding carboxylic acids is 1. The lowest BCUT2D eigenvalue weighted by molar-refractivity contribution is -0.120. The minimum Gasteiger partial charge on any atom is -0.356 e. The highest BCUT2D eigenvalue weighted by Crippen LogP contribution is 2.17. The standard InChI is InChI=1S/C21H20N4O2/c26-21(14-18-17-8-4-5-9-19(17)27-24-18)23-11-10-20-22-12-13-25(20)15-16-6-2-1-3-7-16/h1-9,12-13H,10-11,14-15H2,(H,23,26). The molecule has 0 saturated heterocycles. The highest BCUT2D eigenvalue weighted by atomic mass is 16.5. The van der Waals surface area contributed by atoms with Crippen LogP contribution in [0.25, 0.3) is 11.0 Å². The number of hydrogen-bond donors (Lipinski definition) is 1. The summed E-state index contributed by atoms with van der Waals surface area (Å²) in [7, 11) is 0. The fraction of sp³-hybridized carbons (Fsp3) is 0.190. The first-order valence-corrected chi connectivity index (χ1v) is 8.93. The molecule has 0 saturated carbocycles. The molecule has 2 aromatic carbocycles. The van der Waals surface area contributed by atoms with Gasteiger partial charge in [0.25, 0.3) is 0 Å². The number of carbonyl (C=O) groups is 1. The van der Waals surface area contributed by atoms with E-state index in [0.29, 0.717) is 24.2 Å². The van der Waals surface area contributed by atoms with E-state index >= 15 is 0 Å². The Morgan fingerprint density at radius 1 is 1.07 bits per heavy atom. The van der Waals surface area contributed by atoms with Crippen molar-refractivity contribution >= 4 is 16.9 Å². The number of benzene rings is 2. The number of imidazole rings is 1. The summed E-state index contributed by atoms with van der Waals surface area (Å²) in [5.41, 5.74) is 2.58. The molecule has 2 heterocycles. The Labute approximate surface area is 156 Å². The number of amides is 1. The number of nitrogens with one attached hydrogen (secondary N) is 1. The van der Waals surface area contributed by atoms with Gasteiger partial charge in [-0.1, -0.05) is 47.6 Å². The molecule has 1 amide bonds. The summed E-state index contributed by atoms with van der Waals surface area (Å²) in [5, 5.41) is 7.82. The summed E-state index contributed by atoms with van der Waals surface area (Å²) in [4.78, 5) is 16.6. The van der Waals surface area contributed by atoms with Gasteiger partial charge in [-0.15, -0.1) is 0 Å². The Balaban J connectivity index is 1.31. The quantitative estimate of drug-likeness (QED) is 0.550. The third-order valence-corrected chi connectivity index (χ3v) is 4.45. The fourth-order valence-corrected chi connectivity index (χ4v) is 3.09. The van der Waals surface area contributed by atoms with Gasteiger partial charge in [0.2, 0.25) is 5.91 Å². The van der Waals surface area contributed by atoms with E-state index in [0.717, 1.165) is 17.8 Å². The Hall–Kier alpha value is -3.41. The number of fused-ring (bicyclic) bond motifs is 1. The van der Waals surface area contributed by atoms with Crippen molar-refractivity contribution in [3.8, 4) is 0 Å². The van der Waals surface area contributed by atoms with Gasteiger partial charge in [0.05, 0.1) is 6.42 Å². The largest absolute Gasteiger partial charge is 0.356 e. The molecular formula is C21H20N4O2. The van der Waals surface area contributed by atoms with Crippen molar-refractivity contribution in [3.05, 3.63) is 84.1 Å². The van der Waals surface area contributed by atoms with Gasteiger partial charge in [-0.05, 0) is 17.7 Å². The van der Waals surface area contributed by atoms with E-state index in [1.54, 1.807) is 6.20 Å². The first-order chi connectivity index (χ1) is 13.3. The lowest BCUT2D eigenvalue weighted by Crippen LogP contribution is -2.28. The van der Waals surface area contributed by atoms with E-state index in [1.807, 2.05) is 48.7 Å². The van der Waals surface area contributed by atoms with Crippen LogP contribution in [-0.2, 0) is 24.2 Å². The molecule has 4 aromatic rings. The monoisotopic (exact) mass is 360 g/mol. The molecule has 136 valence electrons. The van der Waals surface area contributed by atoms with Crippen LogP contribution in [0.15, 0.2) is 71.5 Å². The number of hydrogen-bond acceptors (Lipinski definition) is 4. The first-order valence-electron chi connectivity index (χ1n) is 8.93. The molecule has 6 nitrogen and oxygen atoms in total. The van der Waals surface area contributed by atoms with E-state index in [1.165, 1.54) is 5.56 Å². The number of aromatic nitrogens is 3. The number of para-hydroxylation sites is 1. The number of nitrogens with zero attached hydrogens (tertiary/aromatic N) is 3. The SMILES string of the molecule is O=C(Cc1noc2ccccc12)NCCc1nccn1Cc1ccccc1. The molecule has 4 rings (SSSR count). The van der Waals surface area contributed by atoms with Crippen molar-refractivity contribution in [2.45, 2.75) is 19.4 Å². The smallest absolute Gasteiger partial charge is 0.226 e. The molecule has 6 heteroatoms. The molecule has 0 unspecified atom stereocenters. The van der Waals surface area contributed by atoms with Crippen molar-refractivity contribution in [2.75, 3.05) is 6.54 Å². The zero-order valence-corrected chi connectivity index (χ0v) is 14.8. The minimum atomic E-state index is -0.0739. The van der Waals surface area contributed by atoms with Crippen LogP contribution in [-0.4, -0.2) is 27.2 Å². The Bertz CT molecular complexity index is 1040. The normalized spacial score (nSPS) is 11.0. The molecule has 0 fully saturated rings. The Morgan fingerprint density at radius 3 is 2.78 bits per heavy atom. The summed E-state index contributed by atoms with van der Waals surface area (Å²) in [5.74, 6) is 0.876.